The summed E-state index contributed by atoms with van der Waals surface area (Å²) < 4.78 is 0. The number of hydrogen-bond acceptors (Lipinski definition) is 1. The van der Waals surface area contributed by atoms with Crippen LogP contribution in [0.1, 0.15) is 39.5 Å². The molecule has 1 nitrogen and oxygen atoms in total. The highest BCUT2D eigenvalue weighted by Gasteiger charge is 2.31. The average Bonchev–Trinajstić information content (AvgIpc) is 1.98. The van der Waals surface area contributed by atoms with Crippen molar-refractivity contribution in [2.75, 3.05) is 0 Å². The summed E-state index contributed by atoms with van der Waals surface area (Å²) in [5.74, 6) is 0. The molecule has 0 heterocycles. The minimum Gasteiger partial charge on any atom is -0.393 e. The summed E-state index contributed by atoms with van der Waals surface area (Å²) in [6, 6.07) is 0. The van der Waals surface area contributed by atoms with Gasteiger partial charge in [0, 0.05) is 0 Å². The predicted octanol–water partition coefficient (Wildman–Crippen LogP) is 2.50. The lowest BCUT2D eigenvalue weighted by Gasteiger charge is -2.37. The second kappa shape index (κ2) is 2.98. The maximum Gasteiger partial charge on any atom is 0.0577 e. The van der Waals surface area contributed by atoms with Crippen molar-refractivity contribution < 1.29 is 5.11 Å². The molecule has 11 heavy (non-hydrogen) atoms. The first-order valence-corrected chi connectivity index (χ1v) is 4.45. The summed E-state index contributed by atoms with van der Waals surface area (Å²) >= 11 is 0. The molecule has 0 spiro atoms. The zero-order valence-corrected chi connectivity index (χ0v) is 7.56. The highest BCUT2D eigenvalue weighted by Crippen LogP contribution is 2.41. The van der Waals surface area contributed by atoms with Crippen molar-refractivity contribution in [3.05, 3.63) is 12.2 Å². The van der Waals surface area contributed by atoms with Gasteiger partial charge < -0.3 is 5.11 Å². The van der Waals surface area contributed by atoms with Crippen LogP contribution in [0.3, 0.4) is 0 Å². The first-order valence-electron chi connectivity index (χ1n) is 4.45. The zero-order valence-electron chi connectivity index (χ0n) is 7.56. The van der Waals surface area contributed by atoms with Crippen LogP contribution in [0.2, 0.25) is 0 Å². The normalized spacial score (nSPS) is 39.2. The van der Waals surface area contributed by atoms with E-state index < -0.39 is 0 Å². The topological polar surface area (TPSA) is 20.2 Å². The van der Waals surface area contributed by atoms with E-state index >= 15 is 0 Å². The Morgan fingerprint density at radius 1 is 1.73 bits per heavy atom. The van der Waals surface area contributed by atoms with Crippen molar-refractivity contribution in [3.8, 4) is 0 Å². The molecule has 0 radical (unpaired) electrons. The van der Waals surface area contributed by atoms with Crippen LogP contribution >= 0.6 is 0 Å². The molecule has 2 atom stereocenters. The van der Waals surface area contributed by atoms with Crippen molar-refractivity contribution in [2.24, 2.45) is 5.41 Å². The van der Waals surface area contributed by atoms with E-state index in [0.29, 0.717) is 5.41 Å². The summed E-state index contributed by atoms with van der Waals surface area (Å²) in [6.07, 6.45) is 3.89. The van der Waals surface area contributed by atoms with E-state index in [0.717, 1.165) is 25.7 Å². The molecule has 0 bridgehead atoms. The number of aliphatic hydroxyl groups excluding tert-OH is 1. The fourth-order valence-corrected chi connectivity index (χ4v) is 1.72. The number of rotatable bonds is 1. The highest BCUT2D eigenvalue weighted by molar-refractivity contribution is 5.12. The summed E-state index contributed by atoms with van der Waals surface area (Å²) in [7, 11) is 0. The van der Waals surface area contributed by atoms with Crippen LogP contribution in [-0.4, -0.2) is 11.2 Å². The van der Waals surface area contributed by atoms with E-state index in [1.807, 2.05) is 0 Å². The molecule has 0 aromatic rings. The molecule has 1 aliphatic carbocycles. The van der Waals surface area contributed by atoms with Crippen LogP contribution in [0.4, 0.5) is 0 Å². The van der Waals surface area contributed by atoms with E-state index in [9.17, 15) is 5.11 Å². The monoisotopic (exact) mass is 154 g/mol. The first kappa shape index (κ1) is 8.79. The van der Waals surface area contributed by atoms with Crippen molar-refractivity contribution >= 4 is 0 Å². The minimum atomic E-state index is -0.123. The van der Waals surface area contributed by atoms with Gasteiger partial charge in [-0.3, -0.25) is 0 Å². The third-order valence-electron chi connectivity index (χ3n) is 3.15. The Balaban J connectivity index is 2.64. The van der Waals surface area contributed by atoms with E-state index in [1.165, 1.54) is 5.57 Å². The first-order chi connectivity index (χ1) is 5.08. The average molecular weight is 154 g/mol. The summed E-state index contributed by atoms with van der Waals surface area (Å²) in [4.78, 5) is 0. The van der Waals surface area contributed by atoms with E-state index in [-0.39, 0.29) is 6.10 Å². The van der Waals surface area contributed by atoms with E-state index in [1.54, 1.807) is 0 Å². The molecule has 1 heteroatoms. The lowest BCUT2D eigenvalue weighted by molar-refractivity contribution is 0.110. The van der Waals surface area contributed by atoms with Gasteiger partial charge in [0.25, 0.3) is 0 Å². The van der Waals surface area contributed by atoms with Crippen LogP contribution < -0.4 is 0 Å². The molecule has 0 amide bonds. The molecule has 1 N–H and O–H groups in total. The SMILES string of the molecule is C=C1C[C@@H](O)CC[C@]1(C)CC. The standard InChI is InChI=1S/C10H18O/c1-4-10(3)6-5-9(11)7-8(10)2/h9,11H,2,4-7H2,1,3H3/t9-,10-/m0/s1. The van der Waals surface area contributed by atoms with Gasteiger partial charge in [-0.15, -0.1) is 0 Å². The lowest BCUT2D eigenvalue weighted by atomic mass is 9.70. The Labute approximate surface area is 69.1 Å². The maximum absolute atomic E-state index is 9.35. The van der Waals surface area contributed by atoms with Crippen molar-refractivity contribution in [2.45, 2.75) is 45.6 Å². The Kier molecular flexibility index (Phi) is 2.38. The van der Waals surface area contributed by atoms with Crippen molar-refractivity contribution in [1.82, 2.24) is 0 Å². The molecule has 0 aromatic heterocycles. The maximum atomic E-state index is 9.35. The fourth-order valence-electron chi connectivity index (χ4n) is 1.72. The highest BCUT2D eigenvalue weighted by atomic mass is 16.3. The Morgan fingerprint density at radius 2 is 2.36 bits per heavy atom. The third kappa shape index (κ3) is 1.64. The van der Waals surface area contributed by atoms with Gasteiger partial charge in [-0.25, -0.2) is 0 Å². The lowest BCUT2D eigenvalue weighted by Crippen LogP contribution is -2.28. The summed E-state index contributed by atoms with van der Waals surface area (Å²) in [5.41, 5.74) is 1.54. The van der Waals surface area contributed by atoms with Gasteiger partial charge in [-0.2, -0.15) is 0 Å². The van der Waals surface area contributed by atoms with Gasteiger partial charge in [0.2, 0.25) is 0 Å². The molecule has 0 aliphatic heterocycles. The largest absolute Gasteiger partial charge is 0.393 e. The van der Waals surface area contributed by atoms with Gasteiger partial charge in [-0.1, -0.05) is 26.0 Å². The minimum absolute atomic E-state index is 0.123. The zero-order chi connectivity index (χ0) is 8.48. The molecule has 0 saturated heterocycles. The quantitative estimate of drug-likeness (QED) is 0.575. The molecule has 1 saturated carbocycles. The predicted molar refractivity (Wildman–Crippen MR) is 47.4 cm³/mol. The molecule has 1 rings (SSSR count). The molecular formula is C10H18O. The molecule has 1 aliphatic rings. The van der Waals surface area contributed by atoms with Crippen LogP contribution in [0, 0.1) is 5.41 Å². The molecule has 0 unspecified atom stereocenters. The second-order valence-corrected chi connectivity index (χ2v) is 3.91. The van der Waals surface area contributed by atoms with Crippen LogP contribution in [0.15, 0.2) is 12.2 Å². The Hall–Kier alpha value is -0.300. The Morgan fingerprint density at radius 3 is 2.82 bits per heavy atom. The smallest absolute Gasteiger partial charge is 0.0577 e. The molecule has 64 valence electrons. The van der Waals surface area contributed by atoms with E-state index in [2.05, 4.69) is 20.4 Å². The molecular weight excluding hydrogens is 136 g/mol. The summed E-state index contributed by atoms with van der Waals surface area (Å²) in [5, 5.41) is 9.35. The van der Waals surface area contributed by atoms with Gasteiger partial charge in [0.15, 0.2) is 0 Å². The van der Waals surface area contributed by atoms with Gasteiger partial charge in [-0.05, 0) is 31.1 Å². The molecule has 1 fully saturated rings. The number of aliphatic hydroxyl groups is 1. The van der Waals surface area contributed by atoms with Gasteiger partial charge in [0.1, 0.15) is 0 Å². The number of hydrogen-bond donors (Lipinski definition) is 1. The Bertz CT molecular complexity index is 162. The molecule has 0 aromatic carbocycles. The third-order valence-corrected chi connectivity index (χ3v) is 3.15. The fraction of sp³-hybridized carbons (Fsp3) is 0.800. The van der Waals surface area contributed by atoms with Crippen molar-refractivity contribution in [1.29, 1.82) is 0 Å². The summed E-state index contributed by atoms with van der Waals surface area (Å²) in [6.45, 7) is 8.48. The van der Waals surface area contributed by atoms with Crippen molar-refractivity contribution in [3.63, 3.8) is 0 Å². The van der Waals surface area contributed by atoms with Crippen LogP contribution in [-0.2, 0) is 0 Å². The van der Waals surface area contributed by atoms with Gasteiger partial charge in [0.05, 0.1) is 6.10 Å². The van der Waals surface area contributed by atoms with Crippen LogP contribution in [0.5, 0.6) is 0 Å². The second-order valence-electron chi connectivity index (χ2n) is 3.91. The van der Waals surface area contributed by atoms with Crippen LogP contribution in [0.25, 0.3) is 0 Å². The van der Waals surface area contributed by atoms with E-state index in [4.69, 9.17) is 0 Å². The van der Waals surface area contributed by atoms with Gasteiger partial charge >= 0.3 is 0 Å².